The average Bonchev–Trinajstić information content (AvgIpc) is 2.93. The van der Waals surface area contributed by atoms with Gasteiger partial charge in [0.15, 0.2) is 0 Å². The smallest absolute Gasteiger partial charge is 0.315 e. The summed E-state index contributed by atoms with van der Waals surface area (Å²) in [5.41, 5.74) is 0. The minimum atomic E-state index is -0.443. The normalized spacial score (nSPS) is 16.4. The van der Waals surface area contributed by atoms with Crippen LogP contribution in [0.4, 0.5) is 0 Å². The predicted octanol–water partition coefficient (Wildman–Crippen LogP) is 1.000. The van der Waals surface area contributed by atoms with Gasteiger partial charge in [0.2, 0.25) is 5.91 Å². The fraction of sp³-hybridized carbons (Fsp3) is 0.615. The molecule has 1 aliphatic rings. The lowest BCUT2D eigenvalue weighted by Gasteiger charge is -2.31. The van der Waals surface area contributed by atoms with Crippen LogP contribution in [0.2, 0.25) is 0 Å². The fourth-order valence-corrected chi connectivity index (χ4v) is 2.32. The molecule has 104 valence electrons. The second-order valence-corrected chi connectivity index (χ2v) is 4.58. The van der Waals surface area contributed by atoms with E-state index in [0.29, 0.717) is 25.7 Å². The lowest BCUT2D eigenvalue weighted by atomic mass is 10.1. The Labute approximate surface area is 112 Å². The summed E-state index contributed by atoms with van der Waals surface area (Å²) in [6, 6.07) is 2.25. The molecule has 19 heavy (non-hydrogen) atoms. The second kappa shape index (κ2) is 6.36. The number of nitrogens with zero attached hydrogens (tertiary/aromatic N) is 3. The highest BCUT2D eigenvalue weighted by Gasteiger charge is 2.25. The van der Waals surface area contributed by atoms with E-state index in [1.165, 1.54) is 0 Å². The van der Waals surface area contributed by atoms with Crippen LogP contribution in [0.3, 0.4) is 0 Å². The molecule has 1 aromatic rings. The molecule has 2 heterocycles. The summed E-state index contributed by atoms with van der Waals surface area (Å²) in [6.45, 7) is 3.39. The van der Waals surface area contributed by atoms with E-state index < -0.39 is 5.97 Å². The number of hydrogen-bond donors (Lipinski definition) is 0. The van der Waals surface area contributed by atoms with E-state index in [-0.39, 0.29) is 12.3 Å². The topological polar surface area (TPSA) is 64.4 Å². The molecular formula is C13H19N3O3. The van der Waals surface area contributed by atoms with Crippen molar-refractivity contribution in [3.63, 3.8) is 0 Å². The van der Waals surface area contributed by atoms with Gasteiger partial charge in [0.1, 0.15) is 6.42 Å². The van der Waals surface area contributed by atoms with Gasteiger partial charge in [-0.05, 0) is 25.8 Å². The Morgan fingerprint density at radius 3 is 2.68 bits per heavy atom. The first-order valence-electron chi connectivity index (χ1n) is 6.63. The Morgan fingerprint density at radius 2 is 2.11 bits per heavy atom. The molecule has 0 bridgehead atoms. The summed E-state index contributed by atoms with van der Waals surface area (Å²) in [4.78, 5) is 24.9. The molecule has 0 unspecified atom stereocenters. The van der Waals surface area contributed by atoms with E-state index in [1.807, 2.05) is 16.9 Å². The number of carbonyl (C=O) groups excluding carboxylic acids is 2. The molecular weight excluding hydrogens is 246 g/mol. The van der Waals surface area contributed by atoms with Gasteiger partial charge in [-0.2, -0.15) is 5.10 Å². The SMILES string of the molecule is CCOC(=O)CC(=O)N1CCC(n2cccn2)CC1. The number of ether oxygens (including phenoxy) is 1. The highest BCUT2D eigenvalue weighted by molar-refractivity contribution is 5.94. The maximum absolute atomic E-state index is 11.9. The molecule has 0 N–H and O–H groups in total. The van der Waals surface area contributed by atoms with Crippen LogP contribution in [-0.4, -0.2) is 46.3 Å². The third-order valence-electron chi connectivity index (χ3n) is 3.32. The molecule has 1 saturated heterocycles. The highest BCUT2D eigenvalue weighted by Crippen LogP contribution is 2.21. The van der Waals surface area contributed by atoms with Crippen LogP contribution in [0.1, 0.15) is 32.2 Å². The second-order valence-electron chi connectivity index (χ2n) is 4.58. The van der Waals surface area contributed by atoms with Crippen LogP contribution < -0.4 is 0 Å². The molecule has 0 aliphatic carbocycles. The Balaban J connectivity index is 1.79. The number of aromatic nitrogens is 2. The first-order chi connectivity index (χ1) is 9.20. The number of rotatable bonds is 4. The van der Waals surface area contributed by atoms with Gasteiger partial charge in [0.25, 0.3) is 0 Å². The number of esters is 1. The summed E-state index contributed by atoms with van der Waals surface area (Å²) in [5.74, 6) is -0.584. The first kappa shape index (κ1) is 13.6. The third-order valence-corrected chi connectivity index (χ3v) is 3.32. The number of likely N-dealkylation sites (tertiary alicyclic amines) is 1. The maximum Gasteiger partial charge on any atom is 0.315 e. The van der Waals surface area contributed by atoms with Crippen molar-refractivity contribution in [1.82, 2.24) is 14.7 Å². The molecule has 6 heteroatoms. The van der Waals surface area contributed by atoms with Gasteiger partial charge in [-0.25, -0.2) is 0 Å². The fourth-order valence-electron chi connectivity index (χ4n) is 2.32. The molecule has 0 radical (unpaired) electrons. The zero-order chi connectivity index (χ0) is 13.7. The first-order valence-corrected chi connectivity index (χ1v) is 6.63. The van der Waals surface area contributed by atoms with Crippen LogP contribution in [0.5, 0.6) is 0 Å². The molecule has 1 fully saturated rings. The van der Waals surface area contributed by atoms with E-state index in [1.54, 1.807) is 18.0 Å². The van der Waals surface area contributed by atoms with Crippen LogP contribution in [0, 0.1) is 0 Å². The zero-order valence-electron chi connectivity index (χ0n) is 11.1. The van der Waals surface area contributed by atoms with Crippen LogP contribution in [-0.2, 0) is 14.3 Å². The van der Waals surface area contributed by atoms with Crippen molar-refractivity contribution in [1.29, 1.82) is 0 Å². The Morgan fingerprint density at radius 1 is 1.37 bits per heavy atom. The van der Waals surface area contributed by atoms with Gasteiger partial charge in [0.05, 0.1) is 12.6 Å². The quantitative estimate of drug-likeness (QED) is 0.602. The molecule has 6 nitrogen and oxygen atoms in total. The van der Waals surface area contributed by atoms with Crippen molar-refractivity contribution < 1.29 is 14.3 Å². The van der Waals surface area contributed by atoms with Crippen molar-refractivity contribution in [2.75, 3.05) is 19.7 Å². The van der Waals surface area contributed by atoms with Gasteiger partial charge < -0.3 is 9.64 Å². The minimum absolute atomic E-state index is 0.141. The lowest BCUT2D eigenvalue weighted by molar-refractivity contribution is -0.149. The van der Waals surface area contributed by atoms with Gasteiger partial charge in [0, 0.05) is 25.5 Å². The molecule has 0 aromatic carbocycles. The maximum atomic E-state index is 11.9. The Kier molecular flexibility index (Phi) is 4.54. The van der Waals surface area contributed by atoms with Crippen LogP contribution in [0.15, 0.2) is 18.5 Å². The third kappa shape index (κ3) is 3.56. The van der Waals surface area contributed by atoms with Crippen LogP contribution in [0.25, 0.3) is 0 Å². The predicted molar refractivity (Wildman–Crippen MR) is 68.3 cm³/mol. The van der Waals surface area contributed by atoms with Crippen LogP contribution >= 0.6 is 0 Å². The molecule has 1 aromatic heterocycles. The number of hydrogen-bond acceptors (Lipinski definition) is 4. The monoisotopic (exact) mass is 265 g/mol. The lowest BCUT2D eigenvalue weighted by Crippen LogP contribution is -2.40. The van der Waals surface area contributed by atoms with Crippen molar-refractivity contribution in [3.8, 4) is 0 Å². The van der Waals surface area contributed by atoms with E-state index >= 15 is 0 Å². The van der Waals surface area contributed by atoms with Gasteiger partial charge in [-0.3, -0.25) is 14.3 Å². The number of carbonyl (C=O) groups is 2. The van der Waals surface area contributed by atoms with Crippen molar-refractivity contribution in [2.24, 2.45) is 0 Å². The summed E-state index contributed by atoms with van der Waals surface area (Å²) in [7, 11) is 0. The van der Waals surface area contributed by atoms with Gasteiger partial charge in [-0.15, -0.1) is 0 Å². The van der Waals surface area contributed by atoms with E-state index in [2.05, 4.69) is 5.10 Å². The largest absolute Gasteiger partial charge is 0.466 e. The minimum Gasteiger partial charge on any atom is -0.466 e. The summed E-state index contributed by atoms with van der Waals surface area (Å²) in [6.07, 6.45) is 5.30. The highest BCUT2D eigenvalue weighted by atomic mass is 16.5. The average molecular weight is 265 g/mol. The molecule has 0 spiro atoms. The molecule has 1 aliphatic heterocycles. The molecule has 0 atom stereocenters. The summed E-state index contributed by atoms with van der Waals surface area (Å²) >= 11 is 0. The number of piperidine rings is 1. The standard InChI is InChI=1S/C13H19N3O3/c1-2-19-13(18)10-12(17)15-8-4-11(5-9-15)16-7-3-6-14-16/h3,6-7,11H,2,4-5,8-10H2,1H3. The summed E-state index contributed by atoms with van der Waals surface area (Å²) < 4.78 is 6.72. The van der Waals surface area contributed by atoms with E-state index in [4.69, 9.17) is 4.74 Å². The molecule has 0 saturated carbocycles. The van der Waals surface area contributed by atoms with Gasteiger partial charge >= 0.3 is 5.97 Å². The van der Waals surface area contributed by atoms with E-state index in [9.17, 15) is 9.59 Å². The van der Waals surface area contributed by atoms with E-state index in [0.717, 1.165) is 12.8 Å². The van der Waals surface area contributed by atoms with Crippen molar-refractivity contribution in [3.05, 3.63) is 18.5 Å². The van der Waals surface area contributed by atoms with Gasteiger partial charge in [-0.1, -0.05) is 0 Å². The Bertz CT molecular complexity index is 422. The van der Waals surface area contributed by atoms with Crippen molar-refractivity contribution >= 4 is 11.9 Å². The summed E-state index contributed by atoms with van der Waals surface area (Å²) in [5, 5.41) is 4.22. The van der Waals surface area contributed by atoms with Crippen molar-refractivity contribution in [2.45, 2.75) is 32.2 Å². The molecule has 1 amide bonds. The number of amides is 1. The molecule has 2 rings (SSSR count). The Hall–Kier alpha value is -1.85. The zero-order valence-corrected chi connectivity index (χ0v) is 11.1.